The maximum absolute atomic E-state index is 6.33. The van der Waals surface area contributed by atoms with E-state index in [-0.39, 0.29) is 6.04 Å². The normalized spacial score (nSPS) is 14.0. The minimum absolute atomic E-state index is 0.209. The van der Waals surface area contributed by atoms with Gasteiger partial charge in [0.2, 0.25) is 0 Å². The Hall–Kier alpha value is -0.830. The van der Waals surface area contributed by atoms with E-state index in [1.807, 2.05) is 18.2 Å². The lowest BCUT2D eigenvalue weighted by Crippen LogP contribution is -2.24. The van der Waals surface area contributed by atoms with E-state index in [0.29, 0.717) is 6.04 Å². The van der Waals surface area contributed by atoms with Crippen LogP contribution in [-0.4, -0.2) is 0 Å². The largest absolute Gasteiger partial charge is 0.303 e. The molecule has 20 heavy (non-hydrogen) atoms. The summed E-state index contributed by atoms with van der Waals surface area (Å²) < 4.78 is 1.01. The van der Waals surface area contributed by atoms with Gasteiger partial charge in [0.1, 0.15) is 0 Å². The van der Waals surface area contributed by atoms with Gasteiger partial charge in [0, 0.05) is 21.6 Å². The molecule has 0 bridgehead atoms. The van der Waals surface area contributed by atoms with E-state index in [9.17, 15) is 0 Å². The monoisotopic (exact) mass is 351 g/mol. The summed E-state index contributed by atoms with van der Waals surface area (Å²) in [4.78, 5) is 0. The van der Waals surface area contributed by atoms with Crippen LogP contribution in [0.25, 0.3) is 0 Å². The molecule has 1 nitrogen and oxygen atoms in total. The van der Waals surface area contributed by atoms with Gasteiger partial charge >= 0.3 is 0 Å². The molecule has 0 saturated heterocycles. The first-order valence-corrected chi connectivity index (χ1v) is 8.05. The van der Waals surface area contributed by atoms with E-state index >= 15 is 0 Å². The molecule has 0 saturated carbocycles. The molecule has 0 fully saturated rings. The second kappa shape index (κ2) is 7.26. The predicted octanol–water partition coefficient (Wildman–Crippen LogP) is 5.90. The van der Waals surface area contributed by atoms with Crippen LogP contribution in [0.1, 0.15) is 43.5 Å². The first kappa shape index (κ1) is 15.6. The number of benzene rings is 2. The van der Waals surface area contributed by atoms with Gasteiger partial charge in [-0.15, -0.1) is 0 Å². The molecule has 1 N–H and O–H groups in total. The average Bonchev–Trinajstić information content (AvgIpc) is 2.45. The average molecular weight is 353 g/mol. The van der Waals surface area contributed by atoms with Gasteiger partial charge in [0.05, 0.1) is 0 Å². The summed E-state index contributed by atoms with van der Waals surface area (Å²) >= 11 is 9.77. The fraction of sp³-hybridized carbons (Fsp3) is 0.294. The standard InChI is InChI=1S/C17H19BrClN/c1-3-17(13-7-5-4-6-8-13)20-12(2)15-10-9-14(18)11-16(15)19/h4-12,17,20H,3H2,1-2H3. The van der Waals surface area contributed by atoms with Gasteiger partial charge in [0.25, 0.3) is 0 Å². The van der Waals surface area contributed by atoms with E-state index < -0.39 is 0 Å². The SMILES string of the molecule is CCC(NC(C)c1ccc(Br)cc1Cl)c1ccccc1. The highest BCUT2D eigenvalue weighted by molar-refractivity contribution is 9.10. The van der Waals surface area contributed by atoms with Crippen molar-refractivity contribution in [2.45, 2.75) is 32.4 Å². The second-order valence-corrected chi connectivity index (χ2v) is 6.25. The van der Waals surface area contributed by atoms with Crippen LogP contribution < -0.4 is 5.32 Å². The fourth-order valence-corrected chi connectivity index (χ4v) is 3.22. The van der Waals surface area contributed by atoms with Crippen LogP contribution in [0.3, 0.4) is 0 Å². The topological polar surface area (TPSA) is 12.0 Å². The van der Waals surface area contributed by atoms with E-state index in [1.165, 1.54) is 5.56 Å². The molecule has 0 aliphatic heterocycles. The van der Waals surface area contributed by atoms with Gasteiger partial charge in [0.15, 0.2) is 0 Å². The Labute approximate surface area is 134 Å². The Morgan fingerprint density at radius 2 is 1.85 bits per heavy atom. The van der Waals surface area contributed by atoms with Gasteiger partial charge in [-0.3, -0.25) is 0 Å². The Morgan fingerprint density at radius 1 is 1.15 bits per heavy atom. The van der Waals surface area contributed by atoms with Crippen molar-refractivity contribution in [3.05, 3.63) is 69.2 Å². The maximum Gasteiger partial charge on any atom is 0.0464 e. The Bertz CT molecular complexity index is 556. The van der Waals surface area contributed by atoms with Gasteiger partial charge in [-0.1, -0.05) is 70.9 Å². The van der Waals surface area contributed by atoms with Crippen LogP contribution in [0.4, 0.5) is 0 Å². The lowest BCUT2D eigenvalue weighted by Gasteiger charge is -2.24. The van der Waals surface area contributed by atoms with Crippen LogP contribution >= 0.6 is 27.5 Å². The van der Waals surface area contributed by atoms with Crippen LogP contribution in [0.2, 0.25) is 5.02 Å². The van der Waals surface area contributed by atoms with Gasteiger partial charge < -0.3 is 5.32 Å². The van der Waals surface area contributed by atoms with Gasteiger partial charge in [-0.05, 0) is 36.6 Å². The predicted molar refractivity (Wildman–Crippen MR) is 90.2 cm³/mol. The smallest absolute Gasteiger partial charge is 0.0464 e. The van der Waals surface area contributed by atoms with Crippen LogP contribution in [-0.2, 0) is 0 Å². The summed E-state index contributed by atoms with van der Waals surface area (Å²) in [5.41, 5.74) is 2.44. The minimum atomic E-state index is 0.209. The summed E-state index contributed by atoms with van der Waals surface area (Å²) in [7, 11) is 0. The van der Waals surface area contributed by atoms with Crippen molar-refractivity contribution in [2.24, 2.45) is 0 Å². The van der Waals surface area contributed by atoms with E-state index in [0.717, 1.165) is 21.5 Å². The van der Waals surface area contributed by atoms with Crippen LogP contribution in [0.15, 0.2) is 53.0 Å². The zero-order valence-corrected chi connectivity index (χ0v) is 14.1. The molecule has 3 heteroatoms. The Morgan fingerprint density at radius 3 is 2.45 bits per heavy atom. The molecule has 0 aliphatic carbocycles. The van der Waals surface area contributed by atoms with Crippen molar-refractivity contribution in [3.63, 3.8) is 0 Å². The molecule has 2 aromatic carbocycles. The van der Waals surface area contributed by atoms with Crippen molar-refractivity contribution >= 4 is 27.5 Å². The summed E-state index contributed by atoms with van der Waals surface area (Å²) in [6.07, 6.45) is 1.04. The molecule has 2 aromatic rings. The molecule has 106 valence electrons. The lowest BCUT2D eigenvalue weighted by molar-refractivity contribution is 0.456. The van der Waals surface area contributed by atoms with E-state index in [2.05, 4.69) is 65.4 Å². The third-order valence-corrected chi connectivity index (χ3v) is 4.31. The first-order chi connectivity index (χ1) is 9.61. The van der Waals surface area contributed by atoms with E-state index in [4.69, 9.17) is 11.6 Å². The molecule has 2 atom stereocenters. The molecule has 0 spiro atoms. The summed E-state index contributed by atoms with van der Waals surface area (Å²) in [5, 5.41) is 4.45. The second-order valence-electron chi connectivity index (χ2n) is 4.93. The fourth-order valence-electron chi connectivity index (χ4n) is 2.38. The Kier molecular flexibility index (Phi) is 5.64. The molecule has 0 heterocycles. The Balaban J connectivity index is 2.15. The van der Waals surface area contributed by atoms with E-state index in [1.54, 1.807) is 0 Å². The first-order valence-electron chi connectivity index (χ1n) is 6.87. The van der Waals surface area contributed by atoms with Crippen molar-refractivity contribution in [3.8, 4) is 0 Å². The zero-order valence-electron chi connectivity index (χ0n) is 11.7. The number of hydrogen-bond acceptors (Lipinski definition) is 1. The highest BCUT2D eigenvalue weighted by atomic mass is 79.9. The van der Waals surface area contributed by atoms with Gasteiger partial charge in [-0.2, -0.15) is 0 Å². The molecular formula is C17H19BrClN. The lowest BCUT2D eigenvalue weighted by atomic mass is 10.0. The quantitative estimate of drug-likeness (QED) is 0.706. The summed E-state index contributed by atoms with van der Waals surface area (Å²) in [6, 6.07) is 17.1. The molecular weight excluding hydrogens is 334 g/mol. The molecule has 0 radical (unpaired) electrons. The van der Waals surface area contributed by atoms with Crippen LogP contribution in [0, 0.1) is 0 Å². The summed E-state index contributed by atoms with van der Waals surface area (Å²) in [6.45, 7) is 4.35. The van der Waals surface area contributed by atoms with Crippen molar-refractivity contribution < 1.29 is 0 Å². The maximum atomic E-state index is 6.33. The molecule has 0 amide bonds. The highest BCUT2D eigenvalue weighted by Gasteiger charge is 2.15. The number of rotatable bonds is 5. The minimum Gasteiger partial charge on any atom is -0.303 e. The van der Waals surface area contributed by atoms with Crippen molar-refractivity contribution in [1.82, 2.24) is 5.32 Å². The summed E-state index contributed by atoms with van der Waals surface area (Å²) in [5.74, 6) is 0. The van der Waals surface area contributed by atoms with Crippen molar-refractivity contribution in [1.29, 1.82) is 0 Å². The zero-order chi connectivity index (χ0) is 14.5. The highest BCUT2D eigenvalue weighted by Crippen LogP contribution is 2.28. The molecule has 0 aromatic heterocycles. The number of halogens is 2. The van der Waals surface area contributed by atoms with Gasteiger partial charge in [-0.25, -0.2) is 0 Å². The van der Waals surface area contributed by atoms with Crippen molar-refractivity contribution in [2.75, 3.05) is 0 Å². The third-order valence-electron chi connectivity index (χ3n) is 3.49. The van der Waals surface area contributed by atoms with Crippen LogP contribution in [0.5, 0.6) is 0 Å². The molecule has 2 unspecified atom stereocenters. The number of hydrogen-bond donors (Lipinski definition) is 1. The third kappa shape index (κ3) is 3.85. The molecule has 2 rings (SSSR count). The molecule has 0 aliphatic rings. The number of nitrogens with one attached hydrogen (secondary N) is 1.